The lowest BCUT2D eigenvalue weighted by molar-refractivity contribution is -0.0440. The molecular formula is C22H28N2O6S. The van der Waals surface area contributed by atoms with Crippen molar-refractivity contribution in [3.05, 3.63) is 54.1 Å². The van der Waals surface area contributed by atoms with Crippen LogP contribution in [-0.2, 0) is 14.8 Å². The molecule has 0 radical (unpaired) electrons. The number of hydrogen-bond acceptors (Lipinski definition) is 6. The van der Waals surface area contributed by atoms with Gasteiger partial charge in [0.1, 0.15) is 6.61 Å². The van der Waals surface area contributed by atoms with Gasteiger partial charge in [0.05, 0.1) is 30.8 Å². The second-order valence-corrected chi connectivity index (χ2v) is 9.30. The molecule has 0 spiro atoms. The Kier molecular flexibility index (Phi) is 7.53. The van der Waals surface area contributed by atoms with Crippen molar-refractivity contribution in [2.75, 3.05) is 33.4 Å². The van der Waals surface area contributed by atoms with E-state index in [0.29, 0.717) is 11.5 Å². The average molecular weight is 449 g/mol. The van der Waals surface area contributed by atoms with Crippen LogP contribution in [-0.4, -0.2) is 64.2 Å². The quantitative estimate of drug-likeness (QED) is 0.623. The predicted octanol–water partition coefficient (Wildman–Crippen LogP) is 2.30. The lowest BCUT2D eigenvalue weighted by Crippen LogP contribution is -2.48. The summed E-state index contributed by atoms with van der Waals surface area (Å²) in [4.78, 5) is 12.6. The lowest BCUT2D eigenvalue weighted by Gasteiger charge is -2.34. The third kappa shape index (κ3) is 5.75. The van der Waals surface area contributed by atoms with Gasteiger partial charge in [-0.25, -0.2) is 8.42 Å². The summed E-state index contributed by atoms with van der Waals surface area (Å²) < 4.78 is 44.0. The summed E-state index contributed by atoms with van der Waals surface area (Å²) in [6, 6.07) is 13.3. The molecule has 0 aliphatic carbocycles. The molecule has 1 saturated heterocycles. The highest BCUT2D eigenvalue weighted by Gasteiger charge is 2.32. The van der Waals surface area contributed by atoms with Gasteiger partial charge in [-0.2, -0.15) is 4.31 Å². The number of nitrogens with one attached hydrogen (secondary N) is 1. The number of carbonyl (C=O) groups is 1. The van der Waals surface area contributed by atoms with E-state index in [1.54, 1.807) is 31.4 Å². The molecule has 0 unspecified atom stereocenters. The number of rotatable bonds is 8. The molecule has 31 heavy (non-hydrogen) atoms. The SMILES string of the molecule is COc1ccccc1OCCNC(=O)c1cccc(S(=O)(=O)N2C[C@@H](C)O[C@H](C)C2)c1. The molecule has 2 aromatic rings. The van der Waals surface area contributed by atoms with Crippen molar-refractivity contribution in [3.63, 3.8) is 0 Å². The number of amides is 1. The van der Waals surface area contributed by atoms with Gasteiger partial charge in [-0.3, -0.25) is 4.79 Å². The Labute approximate surface area is 183 Å². The molecule has 168 valence electrons. The fourth-order valence-electron chi connectivity index (χ4n) is 3.44. The van der Waals surface area contributed by atoms with E-state index < -0.39 is 10.0 Å². The highest BCUT2D eigenvalue weighted by atomic mass is 32.2. The molecule has 0 aromatic heterocycles. The van der Waals surface area contributed by atoms with Crippen LogP contribution in [0.25, 0.3) is 0 Å². The molecule has 1 amide bonds. The van der Waals surface area contributed by atoms with Crippen LogP contribution in [0.2, 0.25) is 0 Å². The van der Waals surface area contributed by atoms with Gasteiger partial charge < -0.3 is 19.5 Å². The maximum atomic E-state index is 13.0. The zero-order valence-corrected chi connectivity index (χ0v) is 18.7. The van der Waals surface area contributed by atoms with Crippen LogP contribution in [0.4, 0.5) is 0 Å². The van der Waals surface area contributed by atoms with Crippen LogP contribution in [0, 0.1) is 0 Å². The normalized spacial score (nSPS) is 19.6. The van der Waals surface area contributed by atoms with Crippen LogP contribution in [0.15, 0.2) is 53.4 Å². The Morgan fingerprint density at radius 2 is 1.77 bits per heavy atom. The Morgan fingerprint density at radius 1 is 1.10 bits per heavy atom. The van der Waals surface area contributed by atoms with Crippen LogP contribution in [0.1, 0.15) is 24.2 Å². The summed E-state index contributed by atoms with van der Waals surface area (Å²) in [5.74, 6) is 0.823. The highest BCUT2D eigenvalue weighted by molar-refractivity contribution is 7.89. The van der Waals surface area contributed by atoms with Gasteiger partial charge in [0.15, 0.2) is 11.5 Å². The van der Waals surface area contributed by atoms with Gasteiger partial charge in [0.25, 0.3) is 5.91 Å². The molecule has 2 atom stereocenters. The molecule has 8 nitrogen and oxygen atoms in total. The molecular weight excluding hydrogens is 420 g/mol. The summed E-state index contributed by atoms with van der Waals surface area (Å²) in [7, 11) is -2.16. The second-order valence-electron chi connectivity index (χ2n) is 7.36. The van der Waals surface area contributed by atoms with Crippen LogP contribution in [0.5, 0.6) is 11.5 Å². The number of para-hydroxylation sites is 2. The maximum Gasteiger partial charge on any atom is 0.251 e. The van der Waals surface area contributed by atoms with Gasteiger partial charge in [0, 0.05) is 18.7 Å². The summed E-state index contributed by atoms with van der Waals surface area (Å²) in [5, 5.41) is 2.75. The minimum absolute atomic E-state index is 0.0896. The van der Waals surface area contributed by atoms with E-state index >= 15 is 0 Å². The summed E-state index contributed by atoms with van der Waals surface area (Å²) in [6.07, 6.45) is -0.374. The predicted molar refractivity (Wildman–Crippen MR) is 116 cm³/mol. The molecule has 1 fully saturated rings. The molecule has 0 bridgehead atoms. The summed E-state index contributed by atoms with van der Waals surface area (Å²) in [6.45, 7) is 4.75. The number of ether oxygens (including phenoxy) is 3. The number of hydrogen-bond donors (Lipinski definition) is 1. The van der Waals surface area contributed by atoms with Gasteiger partial charge in [0.2, 0.25) is 10.0 Å². The largest absolute Gasteiger partial charge is 0.493 e. The monoisotopic (exact) mass is 448 g/mol. The number of benzene rings is 2. The minimum atomic E-state index is -3.72. The third-order valence-electron chi connectivity index (χ3n) is 4.83. The van der Waals surface area contributed by atoms with Crippen molar-refractivity contribution in [1.29, 1.82) is 0 Å². The number of morpholine rings is 1. The fourth-order valence-corrected chi connectivity index (χ4v) is 5.08. The Balaban J connectivity index is 1.61. The van der Waals surface area contributed by atoms with E-state index in [-0.39, 0.29) is 54.8 Å². The maximum absolute atomic E-state index is 13.0. The first-order valence-corrected chi connectivity index (χ1v) is 11.5. The Bertz CT molecular complexity index is 1000. The van der Waals surface area contributed by atoms with Gasteiger partial charge in [-0.05, 0) is 44.2 Å². The number of sulfonamides is 1. The van der Waals surface area contributed by atoms with E-state index in [0.717, 1.165) is 0 Å². The molecule has 0 saturated carbocycles. The van der Waals surface area contributed by atoms with Crippen LogP contribution in [0.3, 0.4) is 0 Å². The van der Waals surface area contributed by atoms with Crippen molar-refractivity contribution in [3.8, 4) is 11.5 Å². The van der Waals surface area contributed by atoms with Gasteiger partial charge in [-0.1, -0.05) is 18.2 Å². The van der Waals surface area contributed by atoms with E-state index in [9.17, 15) is 13.2 Å². The zero-order chi connectivity index (χ0) is 22.4. The Morgan fingerprint density at radius 3 is 2.45 bits per heavy atom. The molecule has 3 rings (SSSR count). The van der Waals surface area contributed by atoms with Crippen molar-refractivity contribution < 1.29 is 27.4 Å². The van der Waals surface area contributed by atoms with Crippen molar-refractivity contribution in [1.82, 2.24) is 9.62 Å². The highest BCUT2D eigenvalue weighted by Crippen LogP contribution is 2.25. The number of nitrogens with zero attached hydrogens (tertiary/aromatic N) is 1. The van der Waals surface area contributed by atoms with Crippen molar-refractivity contribution >= 4 is 15.9 Å². The first kappa shape index (κ1) is 23.1. The molecule has 9 heteroatoms. The Hall–Kier alpha value is -2.62. The summed E-state index contributed by atoms with van der Waals surface area (Å²) in [5.41, 5.74) is 0.271. The number of methoxy groups -OCH3 is 1. The lowest BCUT2D eigenvalue weighted by atomic mass is 10.2. The molecule has 2 aromatic carbocycles. The summed E-state index contributed by atoms with van der Waals surface area (Å²) >= 11 is 0. The molecule has 1 aliphatic heterocycles. The first-order valence-electron chi connectivity index (χ1n) is 10.1. The average Bonchev–Trinajstić information content (AvgIpc) is 2.76. The van der Waals surface area contributed by atoms with E-state index in [4.69, 9.17) is 14.2 Å². The second kappa shape index (κ2) is 10.1. The molecule has 1 aliphatic rings. The standard InChI is InChI=1S/C22H28N2O6S/c1-16-14-24(15-17(2)30-16)31(26,27)19-8-6-7-18(13-19)22(25)23-11-12-29-21-10-5-4-9-20(21)28-3/h4-10,13,16-17H,11-12,14-15H2,1-3H3,(H,23,25)/t16-,17-/m1/s1. The van der Waals surface area contributed by atoms with Crippen molar-refractivity contribution in [2.45, 2.75) is 31.0 Å². The number of carbonyl (C=O) groups excluding carboxylic acids is 1. The molecule has 1 heterocycles. The van der Waals surface area contributed by atoms with E-state index in [1.807, 2.05) is 26.0 Å². The zero-order valence-electron chi connectivity index (χ0n) is 17.9. The fraction of sp³-hybridized carbons (Fsp3) is 0.409. The minimum Gasteiger partial charge on any atom is -0.493 e. The van der Waals surface area contributed by atoms with Gasteiger partial charge >= 0.3 is 0 Å². The topological polar surface area (TPSA) is 94.2 Å². The van der Waals surface area contributed by atoms with Crippen LogP contribution < -0.4 is 14.8 Å². The first-order chi connectivity index (χ1) is 14.8. The third-order valence-corrected chi connectivity index (χ3v) is 6.66. The van der Waals surface area contributed by atoms with Crippen LogP contribution >= 0.6 is 0 Å². The molecule has 1 N–H and O–H groups in total. The smallest absolute Gasteiger partial charge is 0.251 e. The van der Waals surface area contributed by atoms with E-state index in [1.165, 1.54) is 16.4 Å². The van der Waals surface area contributed by atoms with Crippen molar-refractivity contribution in [2.24, 2.45) is 0 Å². The van der Waals surface area contributed by atoms with E-state index in [2.05, 4.69) is 5.32 Å². The van der Waals surface area contributed by atoms with Gasteiger partial charge in [-0.15, -0.1) is 0 Å².